The Morgan fingerprint density at radius 2 is 2.33 bits per heavy atom. The summed E-state index contributed by atoms with van der Waals surface area (Å²) >= 11 is 0. The van der Waals surface area contributed by atoms with E-state index in [4.69, 9.17) is 0 Å². The highest BCUT2D eigenvalue weighted by Crippen LogP contribution is 2.23. The average Bonchev–Trinajstić information content (AvgIpc) is 1.83. The lowest BCUT2D eigenvalue weighted by Crippen LogP contribution is -1.99. The van der Waals surface area contributed by atoms with Crippen molar-refractivity contribution in [3.63, 3.8) is 0 Å². The molecule has 0 nitrogen and oxygen atoms in total. The number of rotatable bonds is 0. The van der Waals surface area contributed by atoms with Gasteiger partial charge in [0, 0.05) is 5.92 Å². The van der Waals surface area contributed by atoms with Crippen molar-refractivity contribution < 1.29 is 4.39 Å². The summed E-state index contributed by atoms with van der Waals surface area (Å²) in [6.45, 7) is 5.48. The molecule has 1 rings (SSSR count). The van der Waals surface area contributed by atoms with E-state index in [0.29, 0.717) is 0 Å². The number of hydrogen-bond acceptors (Lipinski definition) is 0. The van der Waals surface area contributed by atoms with Gasteiger partial charge in [-0.05, 0) is 11.6 Å². The molecule has 0 N–H and O–H groups in total. The van der Waals surface area contributed by atoms with Gasteiger partial charge in [-0.25, -0.2) is 4.39 Å². The van der Waals surface area contributed by atoms with Crippen molar-refractivity contribution in [2.24, 2.45) is 5.92 Å². The molecule has 9 heavy (non-hydrogen) atoms. The summed E-state index contributed by atoms with van der Waals surface area (Å²) in [5.41, 5.74) is 0.843. The summed E-state index contributed by atoms with van der Waals surface area (Å²) in [6, 6.07) is 0. The van der Waals surface area contributed by atoms with Gasteiger partial charge in [0.15, 0.2) is 0 Å². The second-order valence-corrected chi connectivity index (χ2v) is 2.21. The fourth-order valence-electron chi connectivity index (χ4n) is 0.729. The Balaban J connectivity index is 2.86. The highest BCUT2D eigenvalue weighted by molar-refractivity contribution is 5.32. The van der Waals surface area contributed by atoms with E-state index in [1.54, 1.807) is 13.0 Å². The maximum Gasteiger partial charge on any atom is 0.107 e. The van der Waals surface area contributed by atoms with Crippen molar-refractivity contribution in [2.45, 2.75) is 6.92 Å². The van der Waals surface area contributed by atoms with Gasteiger partial charge >= 0.3 is 0 Å². The lowest BCUT2D eigenvalue weighted by molar-refractivity contribution is 0.537. The molecule has 0 aromatic rings. The van der Waals surface area contributed by atoms with E-state index in [2.05, 4.69) is 6.58 Å². The summed E-state index contributed by atoms with van der Waals surface area (Å²) < 4.78 is 12.6. The molecule has 0 aromatic heterocycles. The van der Waals surface area contributed by atoms with E-state index in [0.717, 1.165) is 5.57 Å². The smallest absolute Gasteiger partial charge is 0.107 e. The molecule has 1 aliphatic carbocycles. The number of hydrogen-bond donors (Lipinski definition) is 0. The number of halogens is 1. The Kier molecular flexibility index (Phi) is 1.52. The molecular weight excluding hydrogens is 115 g/mol. The van der Waals surface area contributed by atoms with Gasteiger partial charge in [0.25, 0.3) is 0 Å². The van der Waals surface area contributed by atoms with Gasteiger partial charge in [-0.1, -0.05) is 25.7 Å². The molecule has 0 spiro atoms. The Hall–Kier alpha value is -0.850. The Bertz CT molecular complexity index is 187. The highest BCUT2D eigenvalue weighted by atomic mass is 19.1. The molecular formula is C8H9F. The summed E-state index contributed by atoms with van der Waals surface area (Å²) in [5, 5.41) is 0. The van der Waals surface area contributed by atoms with Crippen LogP contribution in [0, 0.1) is 5.92 Å². The van der Waals surface area contributed by atoms with Crippen LogP contribution < -0.4 is 0 Å². The van der Waals surface area contributed by atoms with E-state index in [1.807, 2.05) is 6.08 Å². The molecule has 0 amide bonds. The largest absolute Gasteiger partial charge is 0.211 e. The van der Waals surface area contributed by atoms with Crippen LogP contribution >= 0.6 is 0 Å². The summed E-state index contributed by atoms with van der Waals surface area (Å²) in [6.07, 6.45) is 4.98. The van der Waals surface area contributed by atoms with Crippen LogP contribution in [0.4, 0.5) is 4.39 Å². The van der Waals surface area contributed by atoms with Crippen molar-refractivity contribution in [1.82, 2.24) is 0 Å². The first-order chi connectivity index (χ1) is 4.22. The van der Waals surface area contributed by atoms with Gasteiger partial charge in [0.1, 0.15) is 5.83 Å². The minimum Gasteiger partial charge on any atom is -0.211 e. The summed E-state index contributed by atoms with van der Waals surface area (Å²) in [5.74, 6) is -0.211. The zero-order chi connectivity index (χ0) is 6.85. The predicted octanol–water partition coefficient (Wildman–Crippen LogP) is 2.60. The molecule has 1 atom stereocenters. The molecule has 0 heterocycles. The lowest BCUT2D eigenvalue weighted by atomic mass is 9.97. The molecule has 0 bridgehead atoms. The van der Waals surface area contributed by atoms with Gasteiger partial charge in [-0.15, -0.1) is 0 Å². The minimum absolute atomic E-state index is 0.0949. The van der Waals surface area contributed by atoms with Crippen LogP contribution in [0.3, 0.4) is 0 Å². The van der Waals surface area contributed by atoms with E-state index >= 15 is 0 Å². The first-order valence-corrected chi connectivity index (χ1v) is 2.94. The second kappa shape index (κ2) is 2.18. The standard InChI is InChI=1S/C8H9F/c1-6-4-3-5-8(9)7(6)2/h3-5,7H,1H2,2H3. The van der Waals surface area contributed by atoms with Crippen LogP contribution in [-0.4, -0.2) is 0 Å². The van der Waals surface area contributed by atoms with Crippen LogP contribution in [-0.2, 0) is 0 Å². The van der Waals surface area contributed by atoms with E-state index in [9.17, 15) is 4.39 Å². The quantitative estimate of drug-likeness (QED) is 0.465. The SMILES string of the molecule is C=C1C=CC=C(F)C1C. The van der Waals surface area contributed by atoms with E-state index < -0.39 is 0 Å². The van der Waals surface area contributed by atoms with Crippen molar-refractivity contribution >= 4 is 0 Å². The molecule has 1 unspecified atom stereocenters. The average molecular weight is 124 g/mol. The van der Waals surface area contributed by atoms with E-state index in [-0.39, 0.29) is 11.7 Å². The summed E-state index contributed by atoms with van der Waals surface area (Å²) in [4.78, 5) is 0. The van der Waals surface area contributed by atoms with Crippen molar-refractivity contribution in [3.8, 4) is 0 Å². The third-order valence-electron chi connectivity index (χ3n) is 1.54. The fraction of sp³-hybridized carbons (Fsp3) is 0.250. The Morgan fingerprint density at radius 3 is 2.78 bits per heavy atom. The van der Waals surface area contributed by atoms with Crippen molar-refractivity contribution in [1.29, 1.82) is 0 Å². The monoisotopic (exact) mass is 124 g/mol. The molecule has 0 aromatic carbocycles. The molecule has 0 saturated carbocycles. The fourth-order valence-corrected chi connectivity index (χ4v) is 0.729. The molecule has 1 heteroatoms. The summed E-state index contributed by atoms with van der Waals surface area (Å²) in [7, 11) is 0. The molecule has 0 saturated heterocycles. The molecule has 1 aliphatic rings. The maximum atomic E-state index is 12.6. The van der Waals surface area contributed by atoms with Crippen molar-refractivity contribution in [3.05, 3.63) is 36.2 Å². The van der Waals surface area contributed by atoms with Crippen LogP contribution in [0.2, 0.25) is 0 Å². The normalized spacial score (nSPS) is 26.2. The van der Waals surface area contributed by atoms with Crippen LogP contribution in [0.5, 0.6) is 0 Å². The first kappa shape index (κ1) is 6.27. The zero-order valence-electron chi connectivity index (χ0n) is 5.39. The Labute approximate surface area is 54.4 Å². The topological polar surface area (TPSA) is 0 Å². The first-order valence-electron chi connectivity index (χ1n) is 2.94. The van der Waals surface area contributed by atoms with Gasteiger partial charge < -0.3 is 0 Å². The molecule has 0 fully saturated rings. The highest BCUT2D eigenvalue weighted by Gasteiger charge is 2.11. The molecule has 0 radical (unpaired) electrons. The molecule has 0 aliphatic heterocycles. The minimum atomic E-state index is -0.116. The van der Waals surface area contributed by atoms with Gasteiger partial charge in [0.2, 0.25) is 0 Å². The number of allylic oxidation sites excluding steroid dienone is 5. The van der Waals surface area contributed by atoms with Gasteiger partial charge in [0.05, 0.1) is 0 Å². The second-order valence-electron chi connectivity index (χ2n) is 2.21. The third-order valence-corrected chi connectivity index (χ3v) is 1.54. The third kappa shape index (κ3) is 1.10. The van der Waals surface area contributed by atoms with Crippen LogP contribution in [0.15, 0.2) is 36.2 Å². The van der Waals surface area contributed by atoms with Crippen LogP contribution in [0.25, 0.3) is 0 Å². The lowest BCUT2D eigenvalue weighted by Gasteiger charge is -2.11. The molecule has 48 valence electrons. The predicted molar refractivity (Wildman–Crippen MR) is 36.6 cm³/mol. The zero-order valence-corrected chi connectivity index (χ0v) is 5.39. The Morgan fingerprint density at radius 1 is 1.67 bits per heavy atom. The van der Waals surface area contributed by atoms with Gasteiger partial charge in [-0.2, -0.15) is 0 Å². The van der Waals surface area contributed by atoms with E-state index in [1.165, 1.54) is 6.08 Å². The maximum absolute atomic E-state index is 12.6. The van der Waals surface area contributed by atoms with Gasteiger partial charge in [-0.3, -0.25) is 0 Å². The van der Waals surface area contributed by atoms with Crippen molar-refractivity contribution in [2.75, 3.05) is 0 Å². The van der Waals surface area contributed by atoms with Crippen LogP contribution in [0.1, 0.15) is 6.92 Å².